The summed E-state index contributed by atoms with van der Waals surface area (Å²) in [6.07, 6.45) is 5.47. The van der Waals surface area contributed by atoms with E-state index in [0.29, 0.717) is 17.2 Å². The lowest BCUT2D eigenvalue weighted by Crippen LogP contribution is -2.60. The van der Waals surface area contributed by atoms with Gasteiger partial charge < -0.3 is 10.1 Å². The zero-order valence-electron chi connectivity index (χ0n) is 12.1. The maximum Gasteiger partial charge on any atom is 0.206 e. The summed E-state index contributed by atoms with van der Waals surface area (Å²) in [5.74, 6) is 0.871. The largest absolute Gasteiger partial charge is 0.367 e. The molecule has 1 N–H and O–H groups in total. The second kappa shape index (κ2) is 5.14. The van der Waals surface area contributed by atoms with Crippen LogP contribution in [0.1, 0.15) is 19.8 Å². The van der Waals surface area contributed by atoms with E-state index in [-0.39, 0.29) is 0 Å². The molecule has 4 heterocycles. The summed E-state index contributed by atoms with van der Waals surface area (Å²) in [4.78, 5) is 11.5. The molecule has 2 aromatic rings. The topological polar surface area (TPSA) is 41.1 Å². The molecule has 4 nitrogen and oxygen atoms in total. The maximum atomic E-state index is 6.13. The first-order valence-electron chi connectivity index (χ1n) is 7.64. The molecule has 0 unspecified atom stereocenters. The van der Waals surface area contributed by atoms with E-state index >= 15 is 0 Å². The van der Waals surface area contributed by atoms with E-state index in [4.69, 9.17) is 11.6 Å². The van der Waals surface area contributed by atoms with Crippen molar-refractivity contribution in [1.29, 1.82) is 0 Å². The maximum absolute atomic E-state index is 6.13. The van der Waals surface area contributed by atoms with Crippen molar-refractivity contribution < 1.29 is 0 Å². The van der Waals surface area contributed by atoms with Crippen LogP contribution in [0.5, 0.6) is 0 Å². The van der Waals surface area contributed by atoms with Crippen molar-refractivity contribution in [2.24, 2.45) is 0 Å². The van der Waals surface area contributed by atoms with Crippen molar-refractivity contribution in [2.75, 3.05) is 5.32 Å². The Bertz CT molecular complexity index is 672. The fraction of sp³-hybridized carbons (Fsp3) is 0.467. The highest BCUT2D eigenvalue weighted by Crippen LogP contribution is 2.33. The zero-order chi connectivity index (χ0) is 14.4. The first-order chi connectivity index (χ1) is 10.2. The molecular formula is C15H18BClN4. The number of fused-ring (bicyclic) bond motifs is 2. The Morgan fingerprint density at radius 3 is 3.10 bits per heavy atom. The minimum atomic E-state index is 0.468. The third-order valence-electron chi connectivity index (χ3n) is 4.85. The van der Waals surface area contributed by atoms with Crippen molar-refractivity contribution in [3.8, 4) is 0 Å². The highest BCUT2D eigenvalue weighted by molar-refractivity contribution is 6.36. The molecular weight excluding hydrogens is 282 g/mol. The van der Waals surface area contributed by atoms with E-state index in [9.17, 15) is 0 Å². The van der Waals surface area contributed by atoms with Crippen LogP contribution in [0.4, 0.5) is 5.82 Å². The molecule has 6 heteroatoms. The average molecular weight is 301 g/mol. The summed E-state index contributed by atoms with van der Waals surface area (Å²) in [7, 11) is 1.26. The van der Waals surface area contributed by atoms with E-state index in [1.807, 2.05) is 12.1 Å². The quantitative estimate of drug-likeness (QED) is 0.684. The van der Waals surface area contributed by atoms with E-state index in [0.717, 1.165) is 29.2 Å². The van der Waals surface area contributed by atoms with Gasteiger partial charge in [0.15, 0.2) is 0 Å². The second-order valence-corrected chi connectivity index (χ2v) is 6.59. The summed E-state index contributed by atoms with van der Waals surface area (Å²) in [5, 5.41) is 5.16. The Balaban J connectivity index is 1.62. The third-order valence-corrected chi connectivity index (χ3v) is 5.04. The smallest absolute Gasteiger partial charge is 0.206 e. The van der Waals surface area contributed by atoms with Gasteiger partial charge in [-0.25, -0.2) is 4.98 Å². The Labute approximate surface area is 130 Å². The summed E-state index contributed by atoms with van der Waals surface area (Å²) >= 11 is 6.13. The number of nitrogens with one attached hydrogen (secondary N) is 1. The molecule has 0 saturated carbocycles. The molecule has 2 aliphatic heterocycles. The minimum absolute atomic E-state index is 0.468. The van der Waals surface area contributed by atoms with Crippen LogP contribution in [-0.4, -0.2) is 40.3 Å². The standard InChI is InChI=1S/C15H18BClN4/c1-9-5-10(6-11-8-16-21(9)11)19-15-12-3-2-4-18-13(12)7-14(17)20-15/h2-4,7,9-11,16H,5-6,8H2,1H3,(H,19,20)/t9-,10-,11-/m1/s1. The molecule has 0 aromatic carbocycles. The van der Waals surface area contributed by atoms with Gasteiger partial charge in [0.1, 0.15) is 11.0 Å². The summed E-state index contributed by atoms with van der Waals surface area (Å²) < 4.78 is 0. The molecule has 108 valence electrons. The summed E-state index contributed by atoms with van der Waals surface area (Å²) in [5.41, 5.74) is 0.897. The van der Waals surface area contributed by atoms with Crippen LogP contribution in [0.3, 0.4) is 0 Å². The molecule has 0 amide bonds. The van der Waals surface area contributed by atoms with Crippen LogP contribution in [-0.2, 0) is 0 Å². The van der Waals surface area contributed by atoms with Crippen molar-refractivity contribution >= 4 is 35.7 Å². The van der Waals surface area contributed by atoms with Crippen LogP contribution < -0.4 is 5.32 Å². The van der Waals surface area contributed by atoms with Gasteiger partial charge in [-0.1, -0.05) is 18.5 Å². The lowest BCUT2D eigenvalue weighted by molar-refractivity contribution is 0.159. The lowest BCUT2D eigenvalue weighted by atomic mass is 9.63. The summed E-state index contributed by atoms with van der Waals surface area (Å²) in [6, 6.07) is 7.68. The van der Waals surface area contributed by atoms with E-state index < -0.39 is 0 Å². The van der Waals surface area contributed by atoms with Gasteiger partial charge in [0.25, 0.3) is 0 Å². The molecule has 3 atom stereocenters. The molecule has 2 saturated heterocycles. The van der Waals surface area contributed by atoms with Crippen molar-refractivity contribution in [3.05, 3.63) is 29.5 Å². The highest BCUT2D eigenvalue weighted by atomic mass is 35.5. The van der Waals surface area contributed by atoms with E-state index in [2.05, 4.69) is 33.1 Å². The van der Waals surface area contributed by atoms with Crippen LogP contribution in [0, 0.1) is 0 Å². The van der Waals surface area contributed by atoms with Crippen molar-refractivity contribution in [2.45, 2.75) is 44.2 Å². The first kappa shape index (κ1) is 13.3. The molecule has 0 radical (unpaired) electrons. The van der Waals surface area contributed by atoms with Crippen LogP contribution in [0.25, 0.3) is 10.9 Å². The van der Waals surface area contributed by atoms with Crippen molar-refractivity contribution in [3.63, 3.8) is 0 Å². The van der Waals surface area contributed by atoms with Gasteiger partial charge in [-0.05, 0) is 43.4 Å². The normalized spacial score (nSPS) is 28.6. The first-order valence-corrected chi connectivity index (χ1v) is 8.02. The predicted octanol–water partition coefficient (Wildman–Crippen LogP) is 2.70. The van der Waals surface area contributed by atoms with Gasteiger partial charge in [-0.15, -0.1) is 0 Å². The number of anilines is 1. The predicted molar refractivity (Wildman–Crippen MR) is 88.2 cm³/mol. The molecule has 2 aliphatic rings. The average Bonchev–Trinajstić information content (AvgIpc) is 2.41. The fourth-order valence-corrected chi connectivity index (χ4v) is 3.92. The zero-order valence-corrected chi connectivity index (χ0v) is 12.8. The van der Waals surface area contributed by atoms with Crippen LogP contribution >= 0.6 is 11.6 Å². The number of rotatable bonds is 2. The Morgan fingerprint density at radius 2 is 2.33 bits per heavy atom. The number of nitrogens with zero attached hydrogens (tertiary/aromatic N) is 3. The molecule has 0 spiro atoms. The molecule has 2 aromatic heterocycles. The van der Waals surface area contributed by atoms with Crippen LogP contribution in [0.15, 0.2) is 24.4 Å². The van der Waals surface area contributed by atoms with Gasteiger partial charge in [-0.2, -0.15) is 0 Å². The number of pyridine rings is 2. The molecule has 0 aliphatic carbocycles. The Morgan fingerprint density at radius 1 is 1.43 bits per heavy atom. The number of hydrogen-bond donors (Lipinski definition) is 1. The molecule has 2 fully saturated rings. The third kappa shape index (κ3) is 2.38. The Kier molecular flexibility index (Phi) is 3.27. The van der Waals surface area contributed by atoms with Crippen molar-refractivity contribution in [1.82, 2.24) is 14.8 Å². The van der Waals surface area contributed by atoms with Gasteiger partial charge in [-0.3, -0.25) is 4.98 Å². The number of piperidine rings is 1. The summed E-state index contributed by atoms with van der Waals surface area (Å²) in [6.45, 7) is 2.32. The van der Waals surface area contributed by atoms with Crippen LogP contribution in [0.2, 0.25) is 11.5 Å². The number of hydrogen-bond acceptors (Lipinski definition) is 4. The lowest BCUT2D eigenvalue weighted by Gasteiger charge is -2.51. The van der Waals surface area contributed by atoms with Gasteiger partial charge in [0, 0.05) is 23.7 Å². The van der Waals surface area contributed by atoms with E-state index in [1.165, 1.54) is 20.2 Å². The SMILES string of the molecule is C[C@@H]1C[C@@H](Nc2nc(Cl)cc3ncccc23)C[C@@H]2CBN21. The highest BCUT2D eigenvalue weighted by Gasteiger charge is 2.39. The monoisotopic (exact) mass is 300 g/mol. The number of halogens is 1. The molecule has 21 heavy (non-hydrogen) atoms. The van der Waals surface area contributed by atoms with Gasteiger partial charge >= 0.3 is 0 Å². The van der Waals surface area contributed by atoms with Gasteiger partial charge in [0.2, 0.25) is 7.41 Å². The fourth-order valence-electron chi connectivity index (χ4n) is 3.73. The second-order valence-electron chi connectivity index (χ2n) is 6.21. The van der Waals surface area contributed by atoms with E-state index in [1.54, 1.807) is 6.20 Å². The minimum Gasteiger partial charge on any atom is -0.367 e. The Hall–Kier alpha value is -1.33. The number of aromatic nitrogens is 2. The molecule has 0 bridgehead atoms. The van der Waals surface area contributed by atoms with Gasteiger partial charge in [0.05, 0.1) is 5.52 Å². The molecule has 4 rings (SSSR count).